The molecule has 0 aromatic heterocycles. The van der Waals surface area contributed by atoms with Crippen molar-refractivity contribution in [1.29, 1.82) is 0 Å². The van der Waals surface area contributed by atoms with Gasteiger partial charge in [0.05, 0.1) is 12.7 Å². The minimum atomic E-state index is 0.200. The van der Waals surface area contributed by atoms with E-state index in [9.17, 15) is 0 Å². The van der Waals surface area contributed by atoms with Crippen molar-refractivity contribution in [3.63, 3.8) is 0 Å². The number of hydrogen-bond donors (Lipinski definition) is 1. The van der Waals surface area contributed by atoms with Gasteiger partial charge in [-0.2, -0.15) is 0 Å². The van der Waals surface area contributed by atoms with Crippen LogP contribution >= 0.6 is 0 Å². The average Bonchev–Trinajstić information content (AvgIpc) is 2.18. The molecule has 2 heteroatoms. The summed E-state index contributed by atoms with van der Waals surface area (Å²) in [7, 11) is 0. The molecule has 0 bridgehead atoms. The van der Waals surface area contributed by atoms with Crippen molar-refractivity contribution in [2.24, 2.45) is 5.73 Å². The number of nitrogens with two attached hydrogens (primary N) is 1. The zero-order chi connectivity index (χ0) is 9.97. The summed E-state index contributed by atoms with van der Waals surface area (Å²) in [5, 5.41) is 0. The summed E-state index contributed by atoms with van der Waals surface area (Å²) in [5.41, 5.74) is 8.55. The van der Waals surface area contributed by atoms with Gasteiger partial charge >= 0.3 is 0 Å². The molecule has 0 saturated heterocycles. The Balaban J connectivity index is 2.22. The van der Waals surface area contributed by atoms with E-state index in [0.29, 0.717) is 0 Å². The number of hydrogen-bond acceptors (Lipinski definition) is 2. The van der Waals surface area contributed by atoms with E-state index in [4.69, 9.17) is 10.5 Å². The van der Waals surface area contributed by atoms with Crippen LogP contribution in [0.4, 0.5) is 0 Å². The highest BCUT2D eigenvalue weighted by Gasteiger charge is 2.20. The van der Waals surface area contributed by atoms with Crippen LogP contribution in [-0.4, -0.2) is 12.6 Å². The van der Waals surface area contributed by atoms with Crippen molar-refractivity contribution in [3.05, 3.63) is 35.4 Å². The van der Waals surface area contributed by atoms with Crippen LogP contribution in [0.1, 0.15) is 30.6 Å². The van der Waals surface area contributed by atoms with Crippen LogP contribution in [-0.2, 0) is 11.2 Å². The SMILES string of the molecule is CC(N)CC1OCCc2ccccc21. The Hall–Kier alpha value is -0.860. The van der Waals surface area contributed by atoms with Crippen LogP contribution in [0.25, 0.3) is 0 Å². The van der Waals surface area contributed by atoms with Gasteiger partial charge in [0, 0.05) is 6.04 Å². The smallest absolute Gasteiger partial charge is 0.0842 e. The number of fused-ring (bicyclic) bond motifs is 1. The monoisotopic (exact) mass is 191 g/mol. The first-order valence-electron chi connectivity index (χ1n) is 5.22. The van der Waals surface area contributed by atoms with Gasteiger partial charge in [-0.25, -0.2) is 0 Å². The van der Waals surface area contributed by atoms with Gasteiger partial charge in [0.1, 0.15) is 0 Å². The summed E-state index contributed by atoms with van der Waals surface area (Å²) in [5.74, 6) is 0. The van der Waals surface area contributed by atoms with Gasteiger partial charge in [0.25, 0.3) is 0 Å². The second-order valence-electron chi connectivity index (χ2n) is 4.02. The maximum Gasteiger partial charge on any atom is 0.0842 e. The molecule has 0 fully saturated rings. The molecule has 2 nitrogen and oxygen atoms in total. The van der Waals surface area contributed by atoms with Gasteiger partial charge in [0.15, 0.2) is 0 Å². The first-order chi connectivity index (χ1) is 6.77. The molecule has 1 heterocycles. The summed E-state index contributed by atoms with van der Waals surface area (Å²) < 4.78 is 5.74. The maximum atomic E-state index is 5.80. The van der Waals surface area contributed by atoms with Crippen molar-refractivity contribution in [2.75, 3.05) is 6.61 Å². The van der Waals surface area contributed by atoms with Gasteiger partial charge in [-0.15, -0.1) is 0 Å². The van der Waals surface area contributed by atoms with E-state index in [2.05, 4.69) is 24.3 Å². The zero-order valence-corrected chi connectivity index (χ0v) is 8.57. The lowest BCUT2D eigenvalue weighted by Gasteiger charge is -2.27. The van der Waals surface area contributed by atoms with Gasteiger partial charge in [-0.05, 0) is 30.9 Å². The van der Waals surface area contributed by atoms with Crippen LogP contribution in [0.2, 0.25) is 0 Å². The van der Waals surface area contributed by atoms with E-state index in [-0.39, 0.29) is 12.1 Å². The van der Waals surface area contributed by atoms with Gasteiger partial charge < -0.3 is 10.5 Å². The lowest BCUT2D eigenvalue weighted by atomic mass is 9.94. The quantitative estimate of drug-likeness (QED) is 0.776. The molecule has 1 aromatic carbocycles. The summed E-state index contributed by atoms with van der Waals surface area (Å²) in [6, 6.07) is 8.70. The van der Waals surface area contributed by atoms with Crippen molar-refractivity contribution in [1.82, 2.24) is 0 Å². The molecule has 0 radical (unpaired) electrons. The highest BCUT2D eigenvalue weighted by molar-refractivity contribution is 5.30. The van der Waals surface area contributed by atoms with E-state index >= 15 is 0 Å². The van der Waals surface area contributed by atoms with E-state index in [1.165, 1.54) is 11.1 Å². The predicted molar refractivity (Wildman–Crippen MR) is 57.1 cm³/mol. The Labute approximate surface area is 85.1 Å². The molecule has 2 N–H and O–H groups in total. The summed E-state index contributed by atoms with van der Waals surface area (Å²) in [4.78, 5) is 0. The molecule has 0 aliphatic carbocycles. The Morgan fingerprint density at radius 3 is 3.07 bits per heavy atom. The minimum absolute atomic E-state index is 0.200. The molecule has 0 amide bonds. The molecule has 1 aliphatic heterocycles. The second-order valence-corrected chi connectivity index (χ2v) is 4.02. The minimum Gasteiger partial charge on any atom is -0.373 e. The Bertz CT molecular complexity index is 309. The van der Waals surface area contributed by atoms with E-state index in [0.717, 1.165) is 19.4 Å². The van der Waals surface area contributed by atoms with Crippen molar-refractivity contribution < 1.29 is 4.74 Å². The lowest BCUT2D eigenvalue weighted by molar-refractivity contribution is 0.0332. The number of benzene rings is 1. The molecule has 2 atom stereocenters. The third-order valence-electron chi connectivity index (χ3n) is 2.68. The van der Waals surface area contributed by atoms with E-state index in [1.54, 1.807) is 0 Å². The summed E-state index contributed by atoms with van der Waals surface area (Å²) in [6.45, 7) is 2.86. The summed E-state index contributed by atoms with van der Waals surface area (Å²) >= 11 is 0. The predicted octanol–water partition coefficient (Wildman–Crippen LogP) is 2.04. The zero-order valence-electron chi connectivity index (χ0n) is 8.57. The number of ether oxygens (including phenoxy) is 1. The molecule has 1 aromatic rings. The van der Waals surface area contributed by atoms with Gasteiger partial charge in [-0.1, -0.05) is 24.3 Å². The fourth-order valence-electron chi connectivity index (χ4n) is 2.01. The second kappa shape index (κ2) is 4.11. The van der Waals surface area contributed by atoms with Crippen LogP contribution in [0.15, 0.2) is 24.3 Å². The van der Waals surface area contributed by atoms with Crippen molar-refractivity contribution >= 4 is 0 Å². The summed E-state index contributed by atoms with van der Waals surface area (Å²) in [6.07, 6.45) is 2.16. The molecule has 2 unspecified atom stereocenters. The first kappa shape index (κ1) is 9.69. The fraction of sp³-hybridized carbons (Fsp3) is 0.500. The normalized spacial score (nSPS) is 22.9. The molecule has 0 spiro atoms. The van der Waals surface area contributed by atoms with Crippen LogP contribution in [0, 0.1) is 0 Å². The van der Waals surface area contributed by atoms with Crippen LogP contribution in [0.5, 0.6) is 0 Å². The standard InChI is InChI=1S/C12H17NO/c1-9(13)8-12-11-5-3-2-4-10(11)6-7-14-12/h2-5,9,12H,6-8,13H2,1H3. The Morgan fingerprint density at radius 2 is 2.29 bits per heavy atom. The molecular formula is C12H17NO. The molecule has 0 saturated carbocycles. The largest absolute Gasteiger partial charge is 0.373 e. The third kappa shape index (κ3) is 1.97. The Morgan fingerprint density at radius 1 is 1.50 bits per heavy atom. The molecule has 14 heavy (non-hydrogen) atoms. The van der Waals surface area contributed by atoms with E-state index < -0.39 is 0 Å². The molecular weight excluding hydrogens is 174 g/mol. The van der Waals surface area contributed by atoms with Crippen LogP contribution < -0.4 is 5.73 Å². The van der Waals surface area contributed by atoms with Gasteiger partial charge in [-0.3, -0.25) is 0 Å². The van der Waals surface area contributed by atoms with Crippen LogP contribution in [0.3, 0.4) is 0 Å². The third-order valence-corrected chi connectivity index (χ3v) is 2.68. The maximum absolute atomic E-state index is 5.80. The number of rotatable bonds is 2. The lowest BCUT2D eigenvalue weighted by Crippen LogP contribution is -2.24. The highest BCUT2D eigenvalue weighted by atomic mass is 16.5. The van der Waals surface area contributed by atoms with Gasteiger partial charge in [0.2, 0.25) is 0 Å². The fourth-order valence-corrected chi connectivity index (χ4v) is 2.01. The average molecular weight is 191 g/mol. The topological polar surface area (TPSA) is 35.2 Å². The van der Waals surface area contributed by atoms with E-state index in [1.807, 2.05) is 6.92 Å². The first-order valence-corrected chi connectivity index (χ1v) is 5.22. The molecule has 76 valence electrons. The van der Waals surface area contributed by atoms with Crippen molar-refractivity contribution in [3.8, 4) is 0 Å². The highest BCUT2D eigenvalue weighted by Crippen LogP contribution is 2.29. The molecule has 2 rings (SSSR count). The Kier molecular flexibility index (Phi) is 2.85. The van der Waals surface area contributed by atoms with Crippen molar-refractivity contribution in [2.45, 2.75) is 31.9 Å². The molecule has 1 aliphatic rings.